The fourth-order valence-corrected chi connectivity index (χ4v) is 10.1. The molecule has 2 bridgehead atoms. The lowest BCUT2D eigenvalue weighted by atomic mass is 9.68. The summed E-state index contributed by atoms with van der Waals surface area (Å²) in [7, 11) is -0.313. The Bertz CT molecular complexity index is 2000. The molecule has 2 aromatic carbocycles. The average molecular weight is 773 g/mol. The Morgan fingerprint density at radius 1 is 1.09 bits per heavy atom. The van der Waals surface area contributed by atoms with Crippen LogP contribution in [0, 0.1) is 17.8 Å². The first-order valence-corrected chi connectivity index (χ1v) is 20.5. The van der Waals surface area contributed by atoms with Gasteiger partial charge in [0.2, 0.25) is 0 Å². The second kappa shape index (κ2) is 15.5. The van der Waals surface area contributed by atoms with Gasteiger partial charge in [0.05, 0.1) is 31.5 Å². The Morgan fingerprint density at radius 2 is 1.93 bits per heavy atom. The van der Waals surface area contributed by atoms with Gasteiger partial charge in [-0.1, -0.05) is 36.7 Å². The Morgan fingerprint density at radius 3 is 2.70 bits per heavy atom. The maximum absolute atomic E-state index is 14.0. The summed E-state index contributed by atoms with van der Waals surface area (Å²) in [4.78, 5) is 35.3. The van der Waals surface area contributed by atoms with Gasteiger partial charge < -0.3 is 37.9 Å². The molecule has 1 saturated carbocycles. The van der Waals surface area contributed by atoms with E-state index in [1.165, 1.54) is 11.1 Å². The third-order valence-corrected chi connectivity index (χ3v) is 13.6. The first kappa shape index (κ1) is 36.8. The maximum atomic E-state index is 14.0. The summed E-state index contributed by atoms with van der Waals surface area (Å²) >= 11 is 6.46. The number of pyridine rings is 1. The Balaban J connectivity index is 1.09. The molecule has 8 rings (SSSR count). The van der Waals surface area contributed by atoms with Gasteiger partial charge in [0.25, 0.3) is 5.91 Å². The van der Waals surface area contributed by atoms with Crippen molar-refractivity contribution in [2.24, 2.45) is 22.1 Å². The van der Waals surface area contributed by atoms with E-state index in [1.807, 2.05) is 25.1 Å². The number of ether oxygens (including phenoxy) is 3. The van der Waals surface area contributed by atoms with Crippen LogP contribution >= 0.6 is 11.6 Å². The molecule has 2 fully saturated rings. The van der Waals surface area contributed by atoms with Gasteiger partial charge in [-0.2, -0.15) is 10.6 Å². The van der Waals surface area contributed by atoms with E-state index >= 15 is 0 Å². The van der Waals surface area contributed by atoms with Crippen LogP contribution in [-0.2, 0) is 31.4 Å². The topological polar surface area (TPSA) is 123 Å². The van der Waals surface area contributed by atoms with Gasteiger partial charge in [-0.15, -0.1) is 0 Å². The normalized spacial score (nSPS) is 29.3. The number of aromatic nitrogens is 1. The highest BCUT2D eigenvalue weighted by molar-refractivity contribution is 7.75. The van der Waals surface area contributed by atoms with E-state index in [2.05, 4.69) is 43.8 Å². The van der Waals surface area contributed by atoms with Gasteiger partial charge in [-0.25, -0.2) is 4.79 Å². The van der Waals surface area contributed by atoms with Crippen molar-refractivity contribution in [1.82, 2.24) is 15.2 Å². The van der Waals surface area contributed by atoms with Crippen molar-refractivity contribution in [2.45, 2.75) is 68.4 Å². The summed E-state index contributed by atoms with van der Waals surface area (Å²) < 4.78 is 36.9. The molecular formula is C41H47ClN5O6S-. The number of likely N-dealkylation sites (tertiary alicyclic amines) is 1. The number of aryl methyl sites for hydroxylation is 1. The Kier molecular flexibility index (Phi) is 10.6. The number of rotatable bonds is 4. The fourth-order valence-electron chi connectivity index (χ4n) is 8.81. The van der Waals surface area contributed by atoms with Gasteiger partial charge in [-0.3, -0.25) is 9.78 Å². The summed E-state index contributed by atoms with van der Waals surface area (Å²) in [6.07, 6.45) is 12.9. The second-order valence-electron chi connectivity index (χ2n) is 15.5. The van der Waals surface area contributed by atoms with Crippen molar-refractivity contribution in [3.63, 3.8) is 0 Å². The van der Waals surface area contributed by atoms with Crippen LogP contribution < -0.4 is 19.7 Å². The zero-order valence-corrected chi connectivity index (χ0v) is 32.3. The second-order valence-corrected chi connectivity index (χ2v) is 17.2. The van der Waals surface area contributed by atoms with Gasteiger partial charge in [-0.05, 0) is 115 Å². The van der Waals surface area contributed by atoms with Gasteiger partial charge in [0, 0.05) is 48.6 Å². The zero-order valence-electron chi connectivity index (χ0n) is 30.7. The number of methoxy groups -OCH3 is 1. The quantitative estimate of drug-likeness (QED) is 0.224. The summed E-state index contributed by atoms with van der Waals surface area (Å²) in [5.74, 6) is 1.19. The number of nitrogens with zero attached hydrogens (tertiary/aromatic N) is 4. The number of allylic oxidation sites excluding steroid dienone is 1. The lowest BCUT2D eigenvalue weighted by Crippen LogP contribution is -2.60. The Hall–Kier alpha value is -4.13. The predicted molar refractivity (Wildman–Crippen MR) is 208 cm³/mol. The minimum absolute atomic E-state index is 0.0902. The maximum Gasteiger partial charge on any atom is 0.316 e. The highest BCUT2D eigenvalue weighted by Gasteiger charge is 2.44. The number of carbonyl (C=O) groups is 2. The highest BCUT2D eigenvalue weighted by Crippen LogP contribution is 2.47. The van der Waals surface area contributed by atoms with E-state index in [4.69, 9.17) is 25.8 Å². The number of hydrogen-bond donors (Lipinski definition) is 1. The monoisotopic (exact) mass is 772 g/mol. The minimum Gasteiger partial charge on any atom is -0.490 e. The molecular weight excluding hydrogens is 726 g/mol. The van der Waals surface area contributed by atoms with E-state index in [9.17, 15) is 13.8 Å². The minimum atomic E-state index is -2.07. The molecule has 13 heteroatoms. The number of hydrogen-bond acceptors (Lipinski definition) is 9. The van der Waals surface area contributed by atoms with Crippen LogP contribution in [0.2, 0.25) is 5.02 Å². The smallest absolute Gasteiger partial charge is 0.316 e. The van der Waals surface area contributed by atoms with Crippen LogP contribution in [-0.4, -0.2) is 79.3 Å². The third-order valence-electron chi connectivity index (χ3n) is 12.0. The SMILES string of the molecule is CO[C@H]1/C=C/C[C@H](C)C(NC(=O)N2CC(Oc3ccncc3)C2)[S-](=O)=NC(=O)c2ccc3c(c2)N(C[C@@H]2CC[C@H]21)C[C@@]1(CCCc2cc(Cl)ccc21)CO3. The first-order chi connectivity index (χ1) is 26.2. The molecule has 1 saturated heterocycles. The number of anilines is 1. The number of benzene rings is 2. The molecule has 2 aliphatic carbocycles. The average Bonchev–Trinajstić information content (AvgIpc) is 3.29. The number of carbonyl (C=O) groups excluding carboxylic acids is 2. The van der Waals surface area contributed by atoms with Gasteiger partial charge in [0.15, 0.2) is 0 Å². The molecule has 54 heavy (non-hydrogen) atoms. The molecule has 1 N–H and O–H groups in total. The van der Waals surface area contributed by atoms with Crippen molar-refractivity contribution in [3.05, 3.63) is 94.8 Å². The molecule has 0 radical (unpaired) electrons. The van der Waals surface area contributed by atoms with E-state index < -0.39 is 21.9 Å². The molecule has 1 spiro atoms. The van der Waals surface area contributed by atoms with Crippen LogP contribution in [0.1, 0.15) is 60.5 Å². The highest BCUT2D eigenvalue weighted by atomic mass is 35.5. The van der Waals surface area contributed by atoms with Crippen LogP contribution in [0.5, 0.6) is 11.5 Å². The molecule has 3 amide bonds. The molecule has 11 nitrogen and oxygen atoms in total. The number of urea groups is 1. The van der Waals surface area contributed by atoms with Crippen LogP contribution in [0.4, 0.5) is 10.5 Å². The summed E-state index contributed by atoms with van der Waals surface area (Å²) in [5.41, 5.74) is 3.45. The van der Waals surface area contributed by atoms with E-state index in [-0.39, 0.29) is 29.6 Å². The van der Waals surface area contributed by atoms with E-state index in [1.54, 1.807) is 42.6 Å². The van der Waals surface area contributed by atoms with Crippen LogP contribution in [0.3, 0.4) is 0 Å². The molecule has 6 atom stereocenters. The van der Waals surface area contributed by atoms with Crippen molar-refractivity contribution in [3.8, 4) is 11.5 Å². The number of nitrogens with one attached hydrogen (secondary N) is 1. The van der Waals surface area contributed by atoms with Gasteiger partial charge >= 0.3 is 6.03 Å². The predicted octanol–water partition coefficient (Wildman–Crippen LogP) is 6.93. The molecule has 1 aromatic heterocycles. The number of fused-ring (bicyclic) bond motifs is 4. The van der Waals surface area contributed by atoms with Crippen molar-refractivity contribution < 1.29 is 28.0 Å². The number of halogens is 1. The first-order valence-electron chi connectivity index (χ1n) is 19.0. The lowest BCUT2D eigenvalue weighted by Gasteiger charge is -2.46. The van der Waals surface area contributed by atoms with E-state index in [0.29, 0.717) is 55.0 Å². The van der Waals surface area contributed by atoms with Crippen molar-refractivity contribution >= 4 is 39.8 Å². The Labute approximate surface area is 323 Å². The summed E-state index contributed by atoms with van der Waals surface area (Å²) in [6.45, 7) is 4.70. The summed E-state index contributed by atoms with van der Waals surface area (Å²) in [5, 5.41) is 2.78. The fraction of sp³-hybridized carbons (Fsp3) is 0.488. The lowest BCUT2D eigenvalue weighted by molar-refractivity contribution is 0.0131. The van der Waals surface area contributed by atoms with Gasteiger partial charge in [0.1, 0.15) is 17.6 Å². The largest absolute Gasteiger partial charge is 0.490 e. The summed E-state index contributed by atoms with van der Waals surface area (Å²) in [6, 6.07) is 14.8. The zero-order chi connectivity index (χ0) is 37.4. The molecule has 3 aromatic rings. The van der Waals surface area contributed by atoms with Crippen molar-refractivity contribution in [1.29, 1.82) is 0 Å². The molecule has 4 heterocycles. The van der Waals surface area contributed by atoms with Crippen LogP contribution in [0.15, 0.2) is 77.4 Å². The molecule has 1 unspecified atom stereocenters. The molecule has 5 aliphatic rings. The van der Waals surface area contributed by atoms with Crippen molar-refractivity contribution in [2.75, 3.05) is 44.8 Å². The molecule has 286 valence electrons. The van der Waals surface area contributed by atoms with E-state index in [0.717, 1.165) is 55.9 Å². The number of amides is 3. The third kappa shape index (κ3) is 7.44. The van der Waals surface area contributed by atoms with Crippen LogP contribution in [0.25, 0.3) is 0 Å². The standard InChI is InChI=1S/C41H47ClN5O6S/c1-26-5-3-7-36(51-2)33-11-8-29(33)21-47-24-41(16-4-6-27-19-30(42)10-12-34(27)41)25-52-37-13-9-28(20-35(37)47)38(48)45-54(50)39(26)44-40(49)46-22-32(23-46)53-31-14-17-43-18-15-31/h3,7,9-10,12-15,17-20,26,29,32-33,36,39H,4-6,8,11,16,21-25H2,1-2H3,(H,44,49)/q-1/b7-3+/t26-,29-,33+,36-,39?,41-/m0/s1. The molecule has 3 aliphatic heterocycles.